The summed E-state index contributed by atoms with van der Waals surface area (Å²) in [6, 6.07) is 11.6. The maximum atomic E-state index is 14.4. The molecule has 0 spiro atoms. The summed E-state index contributed by atoms with van der Waals surface area (Å²) in [6.07, 6.45) is -1.08. The lowest BCUT2D eigenvalue weighted by Gasteiger charge is -2.27. The third-order valence-corrected chi connectivity index (χ3v) is 12.3. The number of thiophene rings is 2. The van der Waals surface area contributed by atoms with E-state index in [9.17, 15) is 18.0 Å². The summed E-state index contributed by atoms with van der Waals surface area (Å²) in [6.45, 7) is 12.3. The number of nitrogens with zero attached hydrogens (tertiary/aromatic N) is 1. The average Bonchev–Trinajstić information content (AvgIpc) is 3.62. The van der Waals surface area contributed by atoms with E-state index in [2.05, 4.69) is 0 Å². The molecule has 0 N–H and O–H groups in total. The highest BCUT2D eigenvalue weighted by molar-refractivity contribution is 7.24. The maximum Gasteiger partial charge on any atom is 0.547 e. The van der Waals surface area contributed by atoms with Crippen LogP contribution in [0, 0.1) is 0 Å². The Hall–Kier alpha value is -2.74. The molecule has 3 aromatic heterocycles. The molecule has 0 amide bonds. The second-order valence-electron chi connectivity index (χ2n) is 9.08. The Labute approximate surface area is 252 Å². The largest absolute Gasteiger partial charge is 0.547 e. The number of hydrogen-bond acceptors (Lipinski definition) is 8. The van der Waals surface area contributed by atoms with Crippen molar-refractivity contribution < 1.29 is 30.9 Å². The normalized spacial score (nSPS) is 12.6. The van der Waals surface area contributed by atoms with Crippen molar-refractivity contribution in [3.63, 3.8) is 0 Å². The second-order valence-corrected chi connectivity index (χ2v) is 14.2. The van der Waals surface area contributed by atoms with Crippen molar-refractivity contribution in [3.05, 3.63) is 68.2 Å². The number of rotatable bonds is 13. The summed E-state index contributed by atoms with van der Waals surface area (Å²) in [5, 5.41) is -0.143. The van der Waals surface area contributed by atoms with Crippen LogP contribution in [0.3, 0.4) is 0 Å². The minimum Gasteiger partial charge on any atom is -0.422 e. The van der Waals surface area contributed by atoms with Gasteiger partial charge < -0.3 is 22.6 Å². The van der Waals surface area contributed by atoms with Gasteiger partial charge in [0.05, 0.1) is 15.6 Å². The first-order valence-electron chi connectivity index (χ1n) is 13.8. The molecule has 6 nitrogen and oxygen atoms in total. The van der Waals surface area contributed by atoms with E-state index >= 15 is 0 Å². The zero-order valence-corrected chi connectivity index (χ0v) is 26.8. The molecule has 226 valence electrons. The van der Waals surface area contributed by atoms with E-state index in [1.165, 1.54) is 29.5 Å². The fourth-order valence-electron chi connectivity index (χ4n) is 4.75. The number of alkyl halides is 3. The van der Waals surface area contributed by atoms with E-state index in [1.54, 1.807) is 18.2 Å². The van der Waals surface area contributed by atoms with Gasteiger partial charge in [-0.05, 0) is 83.2 Å². The van der Waals surface area contributed by atoms with Gasteiger partial charge in [-0.25, -0.2) is 4.79 Å². The van der Waals surface area contributed by atoms with Gasteiger partial charge in [-0.15, -0.1) is 22.7 Å². The van der Waals surface area contributed by atoms with Crippen LogP contribution in [0.4, 0.5) is 18.9 Å². The molecule has 0 atom stereocenters. The monoisotopic (exact) mass is 637 g/mol. The lowest BCUT2D eigenvalue weighted by Crippen LogP contribution is -2.55. The SMILES string of the molecule is CCO[Si](OCC)(OCC)c1ccc(C=Cc2ccc(-c3c(C(F)(F)F)c4ccc(N(CC)CC)cc4oc3=O)s2)s1. The van der Waals surface area contributed by atoms with Gasteiger partial charge in [0.1, 0.15) is 5.58 Å². The van der Waals surface area contributed by atoms with E-state index in [-0.39, 0.29) is 15.8 Å². The minimum atomic E-state index is -4.76. The Balaban J connectivity index is 1.70. The molecule has 0 aliphatic rings. The molecule has 4 rings (SSSR count). The molecule has 0 bridgehead atoms. The highest BCUT2D eigenvalue weighted by atomic mass is 32.1. The molecule has 4 aromatic rings. The van der Waals surface area contributed by atoms with Crippen molar-refractivity contribution in [1.29, 1.82) is 0 Å². The van der Waals surface area contributed by atoms with Crippen LogP contribution in [0.15, 0.2) is 51.7 Å². The Bertz CT molecular complexity index is 1570. The highest BCUT2D eigenvalue weighted by Crippen LogP contribution is 2.42. The lowest BCUT2D eigenvalue weighted by molar-refractivity contribution is -0.136. The van der Waals surface area contributed by atoms with E-state index < -0.39 is 31.7 Å². The van der Waals surface area contributed by atoms with Crippen LogP contribution in [-0.2, 0) is 19.5 Å². The topological polar surface area (TPSA) is 61.1 Å². The smallest absolute Gasteiger partial charge is 0.422 e. The van der Waals surface area contributed by atoms with Crippen molar-refractivity contribution in [2.75, 3.05) is 37.8 Å². The number of benzene rings is 1. The summed E-state index contributed by atoms with van der Waals surface area (Å²) in [5.74, 6) is 0. The quantitative estimate of drug-likeness (QED) is 0.110. The molecule has 0 radical (unpaired) electrons. The molecule has 0 aliphatic heterocycles. The van der Waals surface area contributed by atoms with Crippen LogP contribution in [0.1, 0.15) is 49.9 Å². The van der Waals surface area contributed by atoms with Crippen molar-refractivity contribution in [2.24, 2.45) is 0 Å². The van der Waals surface area contributed by atoms with Gasteiger partial charge in [0.2, 0.25) is 0 Å². The second kappa shape index (κ2) is 13.7. The summed E-state index contributed by atoms with van der Waals surface area (Å²) < 4.78 is 67.7. The standard InChI is InChI=1S/C30H34F3NO5S2Si/c1-6-34(7-2)20-11-16-23-24(19-20)39-29(35)27(28(23)30(31,32)33)25-17-14-21(40-25)12-13-22-15-18-26(41-22)42(36-8-3,37-9-4)38-10-5/h11-19H,6-10H2,1-5H3. The molecular weight excluding hydrogens is 604 g/mol. The molecule has 12 heteroatoms. The minimum absolute atomic E-state index is 0.0866. The van der Waals surface area contributed by atoms with Gasteiger partial charge in [-0.2, -0.15) is 13.2 Å². The molecule has 0 saturated carbocycles. The van der Waals surface area contributed by atoms with E-state index in [4.69, 9.17) is 17.7 Å². The molecule has 1 aromatic carbocycles. The summed E-state index contributed by atoms with van der Waals surface area (Å²) in [7, 11) is -3.03. The fourth-order valence-corrected chi connectivity index (χ4v) is 9.85. The van der Waals surface area contributed by atoms with Gasteiger partial charge in [0.15, 0.2) is 0 Å². The molecule has 3 heterocycles. The first-order valence-corrected chi connectivity index (χ1v) is 17.2. The maximum absolute atomic E-state index is 14.4. The summed E-state index contributed by atoms with van der Waals surface area (Å²) in [4.78, 5) is 16.8. The Morgan fingerprint density at radius 2 is 1.45 bits per heavy atom. The third-order valence-electron chi connectivity index (χ3n) is 6.52. The van der Waals surface area contributed by atoms with Crippen molar-refractivity contribution in [3.8, 4) is 10.4 Å². The van der Waals surface area contributed by atoms with E-state index in [0.717, 1.165) is 20.7 Å². The predicted molar refractivity (Wildman–Crippen MR) is 168 cm³/mol. The first-order chi connectivity index (χ1) is 20.1. The van der Waals surface area contributed by atoms with Crippen molar-refractivity contribution >= 4 is 64.8 Å². The van der Waals surface area contributed by atoms with Crippen molar-refractivity contribution in [2.45, 2.75) is 40.8 Å². The molecule has 0 unspecified atom stereocenters. The van der Waals surface area contributed by atoms with Gasteiger partial charge in [-0.1, -0.05) is 0 Å². The number of halogens is 3. The van der Waals surface area contributed by atoms with Gasteiger partial charge in [0.25, 0.3) is 0 Å². The predicted octanol–water partition coefficient (Wildman–Crippen LogP) is 7.87. The van der Waals surface area contributed by atoms with Crippen LogP contribution < -0.4 is 15.0 Å². The Kier molecular flexibility index (Phi) is 10.5. The summed E-state index contributed by atoms with van der Waals surface area (Å²) in [5.41, 5.74) is -1.87. The molecule has 0 fully saturated rings. The molecule has 0 saturated heterocycles. The number of hydrogen-bond donors (Lipinski definition) is 0. The van der Waals surface area contributed by atoms with Crippen LogP contribution in [0.25, 0.3) is 33.6 Å². The Morgan fingerprint density at radius 3 is 2.02 bits per heavy atom. The Morgan fingerprint density at radius 1 is 0.857 bits per heavy atom. The zero-order valence-electron chi connectivity index (χ0n) is 24.2. The zero-order chi connectivity index (χ0) is 30.5. The highest BCUT2D eigenvalue weighted by Gasteiger charge is 2.44. The van der Waals surface area contributed by atoms with Gasteiger partial charge in [-0.3, -0.25) is 0 Å². The molecule has 42 heavy (non-hydrogen) atoms. The van der Waals surface area contributed by atoms with Gasteiger partial charge >= 0.3 is 20.6 Å². The number of anilines is 1. The number of fused-ring (bicyclic) bond motifs is 1. The first kappa shape index (κ1) is 32.2. The van der Waals surface area contributed by atoms with Crippen LogP contribution in [0.5, 0.6) is 0 Å². The van der Waals surface area contributed by atoms with Gasteiger partial charge in [0, 0.05) is 64.7 Å². The summed E-state index contributed by atoms with van der Waals surface area (Å²) >= 11 is 2.58. The molecular formula is C30H34F3NO5S2Si. The van der Waals surface area contributed by atoms with Crippen LogP contribution in [-0.4, -0.2) is 41.7 Å². The van der Waals surface area contributed by atoms with Crippen LogP contribution >= 0.6 is 22.7 Å². The van der Waals surface area contributed by atoms with E-state index in [1.807, 2.05) is 57.7 Å². The van der Waals surface area contributed by atoms with Crippen LogP contribution in [0.2, 0.25) is 0 Å². The third kappa shape index (κ3) is 6.74. The molecule has 0 aliphatic carbocycles. The average molecular weight is 638 g/mol. The fraction of sp³-hybridized carbons (Fsp3) is 0.367. The van der Waals surface area contributed by atoms with E-state index in [0.29, 0.717) is 43.5 Å². The lowest BCUT2D eigenvalue weighted by atomic mass is 10.0. The van der Waals surface area contributed by atoms with Crippen molar-refractivity contribution in [1.82, 2.24) is 0 Å².